The zero-order chi connectivity index (χ0) is 11.7. The Bertz CT molecular complexity index is 656. The van der Waals surface area contributed by atoms with Crippen LogP contribution in [0.15, 0.2) is 36.0 Å². The maximum absolute atomic E-state index is 5.84. The van der Waals surface area contributed by atoms with Gasteiger partial charge in [-0.3, -0.25) is 4.98 Å². The van der Waals surface area contributed by atoms with Crippen LogP contribution in [0.1, 0.15) is 0 Å². The van der Waals surface area contributed by atoms with Gasteiger partial charge in [0, 0.05) is 6.20 Å². The van der Waals surface area contributed by atoms with Crippen LogP contribution in [0.4, 0.5) is 0 Å². The fraction of sp³-hybridized carbons (Fsp3) is 0. The summed E-state index contributed by atoms with van der Waals surface area (Å²) in [7, 11) is 0. The first kappa shape index (κ1) is 10.4. The molecule has 3 rings (SSSR count). The van der Waals surface area contributed by atoms with Gasteiger partial charge in [-0.15, -0.1) is 11.3 Å². The largest absolute Gasteiger partial charge is 0.437 e. The standard InChI is InChI=1S/C11H6ClN3OS/c12-11-14-9(8-3-5-17-10(8)15-11)16-7-2-1-4-13-6-7/h1-6H. The molecule has 0 aliphatic heterocycles. The molecule has 3 heterocycles. The van der Waals surface area contributed by atoms with Gasteiger partial charge in [0.15, 0.2) is 0 Å². The van der Waals surface area contributed by atoms with E-state index in [2.05, 4.69) is 15.0 Å². The van der Waals surface area contributed by atoms with Gasteiger partial charge in [0.05, 0.1) is 11.6 Å². The predicted octanol–water partition coefficient (Wildman–Crippen LogP) is 3.53. The number of rotatable bonds is 2. The van der Waals surface area contributed by atoms with Crippen LogP contribution < -0.4 is 4.74 Å². The third-order valence-corrected chi connectivity index (χ3v) is 3.09. The maximum Gasteiger partial charge on any atom is 0.232 e. The van der Waals surface area contributed by atoms with Crippen molar-refractivity contribution in [1.82, 2.24) is 15.0 Å². The first-order valence-corrected chi connectivity index (χ1v) is 6.07. The second kappa shape index (κ2) is 4.27. The molecule has 0 N–H and O–H groups in total. The molecule has 3 aromatic rings. The van der Waals surface area contributed by atoms with Crippen molar-refractivity contribution in [3.05, 3.63) is 41.3 Å². The molecule has 0 saturated heterocycles. The average molecular weight is 264 g/mol. The van der Waals surface area contributed by atoms with Crippen molar-refractivity contribution in [2.45, 2.75) is 0 Å². The molecule has 17 heavy (non-hydrogen) atoms. The van der Waals surface area contributed by atoms with Crippen molar-refractivity contribution in [1.29, 1.82) is 0 Å². The van der Waals surface area contributed by atoms with Crippen molar-refractivity contribution in [2.24, 2.45) is 0 Å². The molecule has 0 spiro atoms. The molecular weight excluding hydrogens is 258 g/mol. The molecule has 84 valence electrons. The van der Waals surface area contributed by atoms with Gasteiger partial charge in [-0.1, -0.05) is 0 Å². The second-order valence-electron chi connectivity index (χ2n) is 3.23. The molecule has 0 saturated carbocycles. The number of hydrogen-bond donors (Lipinski definition) is 0. The first-order valence-electron chi connectivity index (χ1n) is 4.81. The molecule has 0 aliphatic carbocycles. The number of thiophene rings is 1. The van der Waals surface area contributed by atoms with Crippen molar-refractivity contribution in [3.8, 4) is 11.6 Å². The van der Waals surface area contributed by atoms with E-state index in [1.165, 1.54) is 11.3 Å². The molecule has 3 aromatic heterocycles. The Hall–Kier alpha value is -1.72. The Labute approximate surface area is 106 Å². The Morgan fingerprint density at radius 3 is 3.00 bits per heavy atom. The van der Waals surface area contributed by atoms with Gasteiger partial charge in [0.2, 0.25) is 11.2 Å². The van der Waals surface area contributed by atoms with Crippen LogP contribution in [-0.4, -0.2) is 15.0 Å². The smallest absolute Gasteiger partial charge is 0.232 e. The van der Waals surface area contributed by atoms with Crippen molar-refractivity contribution in [3.63, 3.8) is 0 Å². The fourth-order valence-electron chi connectivity index (χ4n) is 1.40. The van der Waals surface area contributed by atoms with Gasteiger partial charge >= 0.3 is 0 Å². The summed E-state index contributed by atoms with van der Waals surface area (Å²) in [5.74, 6) is 1.07. The SMILES string of the molecule is Clc1nc(Oc2cccnc2)c2ccsc2n1. The lowest BCUT2D eigenvalue weighted by Crippen LogP contribution is -1.91. The zero-order valence-electron chi connectivity index (χ0n) is 8.50. The number of nitrogens with zero attached hydrogens (tertiary/aromatic N) is 3. The lowest BCUT2D eigenvalue weighted by atomic mass is 10.4. The van der Waals surface area contributed by atoms with Crippen LogP contribution >= 0.6 is 22.9 Å². The van der Waals surface area contributed by atoms with Crippen molar-refractivity contribution < 1.29 is 4.74 Å². The van der Waals surface area contributed by atoms with E-state index >= 15 is 0 Å². The molecule has 0 fully saturated rings. The Morgan fingerprint density at radius 2 is 2.18 bits per heavy atom. The third kappa shape index (κ3) is 2.07. The van der Waals surface area contributed by atoms with Gasteiger partial charge in [0.25, 0.3) is 0 Å². The molecule has 0 unspecified atom stereocenters. The lowest BCUT2D eigenvalue weighted by molar-refractivity contribution is 0.466. The number of pyridine rings is 1. The normalized spacial score (nSPS) is 10.6. The Kier molecular flexibility index (Phi) is 2.62. The molecule has 0 bridgehead atoms. The van der Waals surface area contributed by atoms with Gasteiger partial charge in [-0.05, 0) is 35.2 Å². The number of aromatic nitrogens is 3. The van der Waals surface area contributed by atoms with E-state index in [0.29, 0.717) is 11.6 Å². The molecule has 0 radical (unpaired) electrons. The Balaban J connectivity index is 2.08. The van der Waals surface area contributed by atoms with E-state index in [0.717, 1.165) is 10.2 Å². The van der Waals surface area contributed by atoms with Crippen LogP contribution in [0.5, 0.6) is 11.6 Å². The summed E-state index contributed by atoms with van der Waals surface area (Å²) < 4.78 is 5.64. The summed E-state index contributed by atoms with van der Waals surface area (Å²) in [5, 5.41) is 2.95. The van der Waals surface area contributed by atoms with Crippen LogP contribution in [0, 0.1) is 0 Å². The topological polar surface area (TPSA) is 47.9 Å². The lowest BCUT2D eigenvalue weighted by Gasteiger charge is -2.04. The number of halogens is 1. The molecule has 0 aliphatic rings. The molecule has 0 atom stereocenters. The van der Waals surface area contributed by atoms with Crippen molar-refractivity contribution in [2.75, 3.05) is 0 Å². The number of hydrogen-bond acceptors (Lipinski definition) is 5. The van der Waals surface area contributed by atoms with E-state index in [1.807, 2.05) is 11.4 Å². The monoisotopic (exact) mass is 263 g/mol. The van der Waals surface area contributed by atoms with Gasteiger partial charge in [-0.2, -0.15) is 4.98 Å². The van der Waals surface area contributed by atoms with Gasteiger partial charge in [0.1, 0.15) is 10.6 Å². The summed E-state index contributed by atoms with van der Waals surface area (Å²) in [6.45, 7) is 0. The highest BCUT2D eigenvalue weighted by Gasteiger charge is 2.09. The van der Waals surface area contributed by atoms with Crippen molar-refractivity contribution >= 4 is 33.2 Å². The highest BCUT2D eigenvalue weighted by Crippen LogP contribution is 2.30. The van der Waals surface area contributed by atoms with Gasteiger partial charge < -0.3 is 4.74 Å². The van der Waals surface area contributed by atoms with E-state index < -0.39 is 0 Å². The fourth-order valence-corrected chi connectivity index (χ4v) is 2.37. The average Bonchev–Trinajstić information content (AvgIpc) is 2.78. The van der Waals surface area contributed by atoms with Crippen LogP contribution in [0.25, 0.3) is 10.2 Å². The quantitative estimate of drug-likeness (QED) is 0.664. The third-order valence-electron chi connectivity index (χ3n) is 2.11. The molecule has 0 amide bonds. The first-order chi connectivity index (χ1) is 8.33. The highest BCUT2D eigenvalue weighted by molar-refractivity contribution is 7.16. The minimum absolute atomic E-state index is 0.179. The van der Waals surface area contributed by atoms with Crippen LogP contribution in [0.3, 0.4) is 0 Å². The molecule has 0 aromatic carbocycles. The Morgan fingerprint density at radius 1 is 1.24 bits per heavy atom. The minimum Gasteiger partial charge on any atom is -0.437 e. The van der Waals surface area contributed by atoms with Gasteiger partial charge in [-0.25, -0.2) is 4.98 Å². The van der Waals surface area contributed by atoms with E-state index in [1.54, 1.807) is 24.5 Å². The molecule has 6 heteroatoms. The number of fused-ring (bicyclic) bond motifs is 1. The molecule has 4 nitrogen and oxygen atoms in total. The minimum atomic E-state index is 0.179. The van der Waals surface area contributed by atoms with E-state index in [-0.39, 0.29) is 5.28 Å². The summed E-state index contributed by atoms with van der Waals surface area (Å²) in [4.78, 5) is 13.0. The summed E-state index contributed by atoms with van der Waals surface area (Å²) >= 11 is 7.33. The summed E-state index contributed by atoms with van der Waals surface area (Å²) in [5.41, 5.74) is 0. The summed E-state index contributed by atoms with van der Waals surface area (Å²) in [6.07, 6.45) is 3.30. The van der Waals surface area contributed by atoms with E-state index in [9.17, 15) is 0 Å². The zero-order valence-corrected chi connectivity index (χ0v) is 10.1. The van der Waals surface area contributed by atoms with Crippen LogP contribution in [0.2, 0.25) is 5.28 Å². The predicted molar refractivity (Wildman–Crippen MR) is 66.7 cm³/mol. The molecular formula is C11H6ClN3OS. The maximum atomic E-state index is 5.84. The van der Waals surface area contributed by atoms with Crippen LogP contribution in [-0.2, 0) is 0 Å². The number of ether oxygens (including phenoxy) is 1. The highest BCUT2D eigenvalue weighted by atomic mass is 35.5. The summed E-state index contributed by atoms with van der Waals surface area (Å²) in [6, 6.07) is 5.51. The van der Waals surface area contributed by atoms with E-state index in [4.69, 9.17) is 16.3 Å². The second-order valence-corrected chi connectivity index (χ2v) is 4.46.